The monoisotopic (exact) mass is 156 g/mol. The van der Waals surface area contributed by atoms with Crippen molar-refractivity contribution in [2.75, 3.05) is 7.05 Å². The standard InChI is InChI=1S/C9H20N2/c1-4-6-9(7-5-2)11(3)8-10/h8-10H,4-7H2,1-3H3. The van der Waals surface area contributed by atoms with Crippen LogP contribution in [0.2, 0.25) is 0 Å². The van der Waals surface area contributed by atoms with Gasteiger partial charge < -0.3 is 4.90 Å². The molecule has 0 spiro atoms. The first kappa shape index (κ1) is 10.5. The molecule has 0 aliphatic heterocycles. The molecule has 0 unspecified atom stereocenters. The van der Waals surface area contributed by atoms with Crippen LogP contribution >= 0.6 is 0 Å². The maximum absolute atomic E-state index is 7.10. The third-order valence-electron chi connectivity index (χ3n) is 2.02. The highest BCUT2D eigenvalue weighted by atomic mass is 15.1. The summed E-state index contributed by atoms with van der Waals surface area (Å²) in [4.78, 5) is 2.01. The van der Waals surface area contributed by atoms with Gasteiger partial charge in [0.2, 0.25) is 0 Å². The quantitative estimate of drug-likeness (QED) is 0.464. The highest BCUT2D eigenvalue weighted by molar-refractivity contribution is 5.50. The Bertz CT molecular complexity index is 95.7. The van der Waals surface area contributed by atoms with Gasteiger partial charge >= 0.3 is 0 Å². The van der Waals surface area contributed by atoms with Gasteiger partial charge in [0.25, 0.3) is 0 Å². The van der Waals surface area contributed by atoms with Crippen molar-refractivity contribution in [1.82, 2.24) is 4.90 Å². The molecule has 0 rings (SSSR count). The van der Waals surface area contributed by atoms with Crippen molar-refractivity contribution >= 4 is 6.34 Å². The van der Waals surface area contributed by atoms with Crippen LogP contribution in [0.25, 0.3) is 0 Å². The van der Waals surface area contributed by atoms with Crippen LogP contribution in [0.5, 0.6) is 0 Å². The second kappa shape index (κ2) is 6.20. The molecule has 0 aromatic heterocycles. The summed E-state index contributed by atoms with van der Waals surface area (Å²) in [5.41, 5.74) is 0. The summed E-state index contributed by atoms with van der Waals surface area (Å²) in [6.45, 7) is 4.39. The van der Waals surface area contributed by atoms with E-state index in [0.717, 1.165) is 0 Å². The first-order valence-corrected chi connectivity index (χ1v) is 4.48. The molecule has 11 heavy (non-hydrogen) atoms. The Morgan fingerprint density at radius 2 is 1.73 bits per heavy atom. The van der Waals surface area contributed by atoms with Crippen LogP contribution in [-0.2, 0) is 0 Å². The van der Waals surface area contributed by atoms with Gasteiger partial charge in [-0.05, 0) is 12.8 Å². The molecule has 1 N–H and O–H groups in total. The lowest BCUT2D eigenvalue weighted by atomic mass is 10.1. The normalized spacial score (nSPS) is 10.2. The van der Waals surface area contributed by atoms with Gasteiger partial charge in [0, 0.05) is 13.1 Å². The van der Waals surface area contributed by atoms with Crippen LogP contribution in [0.1, 0.15) is 39.5 Å². The van der Waals surface area contributed by atoms with Gasteiger partial charge in [0.15, 0.2) is 0 Å². The molecule has 2 heteroatoms. The zero-order valence-corrected chi connectivity index (χ0v) is 7.93. The fourth-order valence-electron chi connectivity index (χ4n) is 1.32. The first-order valence-electron chi connectivity index (χ1n) is 4.48. The van der Waals surface area contributed by atoms with E-state index in [1.165, 1.54) is 32.0 Å². The van der Waals surface area contributed by atoms with Crippen LogP contribution in [0.3, 0.4) is 0 Å². The second-order valence-electron chi connectivity index (χ2n) is 3.03. The minimum Gasteiger partial charge on any atom is -0.363 e. The summed E-state index contributed by atoms with van der Waals surface area (Å²) in [5.74, 6) is 0. The fraction of sp³-hybridized carbons (Fsp3) is 0.889. The van der Waals surface area contributed by atoms with E-state index in [-0.39, 0.29) is 0 Å². The molecule has 0 aliphatic carbocycles. The van der Waals surface area contributed by atoms with E-state index in [0.29, 0.717) is 6.04 Å². The third kappa shape index (κ3) is 4.02. The fourth-order valence-corrected chi connectivity index (χ4v) is 1.32. The molecule has 0 saturated carbocycles. The van der Waals surface area contributed by atoms with Crippen molar-refractivity contribution in [1.29, 1.82) is 5.41 Å². The Kier molecular flexibility index (Phi) is 5.90. The zero-order valence-electron chi connectivity index (χ0n) is 7.93. The first-order chi connectivity index (χ1) is 5.26. The van der Waals surface area contributed by atoms with Crippen LogP contribution in [0.4, 0.5) is 0 Å². The summed E-state index contributed by atoms with van der Waals surface area (Å²) in [7, 11) is 1.99. The summed E-state index contributed by atoms with van der Waals surface area (Å²) < 4.78 is 0. The van der Waals surface area contributed by atoms with Crippen LogP contribution in [-0.4, -0.2) is 24.3 Å². The Balaban J connectivity index is 3.75. The van der Waals surface area contributed by atoms with Crippen molar-refractivity contribution in [2.24, 2.45) is 0 Å². The van der Waals surface area contributed by atoms with E-state index in [4.69, 9.17) is 5.41 Å². The third-order valence-corrected chi connectivity index (χ3v) is 2.02. The second-order valence-corrected chi connectivity index (χ2v) is 3.03. The largest absolute Gasteiger partial charge is 0.363 e. The number of hydrogen-bond acceptors (Lipinski definition) is 1. The van der Waals surface area contributed by atoms with E-state index < -0.39 is 0 Å². The van der Waals surface area contributed by atoms with Crippen LogP contribution in [0.15, 0.2) is 0 Å². The minimum atomic E-state index is 0.586. The highest BCUT2D eigenvalue weighted by Crippen LogP contribution is 2.09. The van der Waals surface area contributed by atoms with Crippen LogP contribution in [0, 0.1) is 5.41 Å². The van der Waals surface area contributed by atoms with Crippen LogP contribution < -0.4 is 0 Å². The lowest BCUT2D eigenvalue weighted by Crippen LogP contribution is -2.29. The zero-order chi connectivity index (χ0) is 8.69. The van der Waals surface area contributed by atoms with Gasteiger partial charge in [-0.1, -0.05) is 26.7 Å². The Morgan fingerprint density at radius 1 is 1.27 bits per heavy atom. The molecule has 66 valence electrons. The van der Waals surface area contributed by atoms with Gasteiger partial charge in [-0.3, -0.25) is 5.41 Å². The Hall–Kier alpha value is -0.530. The van der Waals surface area contributed by atoms with Gasteiger partial charge in [0.1, 0.15) is 0 Å². The average Bonchev–Trinajstić information content (AvgIpc) is 2.03. The van der Waals surface area contributed by atoms with Crippen molar-refractivity contribution in [3.05, 3.63) is 0 Å². The Morgan fingerprint density at radius 3 is 2.00 bits per heavy atom. The molecule has 0 saturated heterocycles. The molecule has 0 fully saturated rings. The number of rotatable bonds is 6. The molecule has 0 atom stereocenters. The lowest BCUT2D eigenvalue weighted by molar-refractivity contribution is 0.328. The average molecular weight is 156 g/mol. The molecule has 0 heterocycles. The van der Waals surface area contributed by atoms with E-state index in [2.05, 4.69) is 13.8 Å². The number of nitrogens with zero attached hydrogens (tertiary/aromatic N) is 1. The summed E-state index contributed by atoms with van der Waals surface area (Å²) in [6.07, 6.45) is 6.26. The molecule has 0 aromatic carbocycles. The molecule has 2 nitrogen and oxygen atoms in total. The summed E-state index contributed by atoms with van der Waals surface area (Å²) in [6, 6.07) is 0.586. The summed E-state index contributed by atoms with van der Waals surface area (Å²) >= 11 is 0. The van der Waals surface area contributed by atoms with Crippen molar-refractivity contribution in [3.8, 4) is 0 Å². The van der Waals surface area contributed by atoms with Crippen molar-refractivity contribution in [2.45, 2.75) is 45.6 Å². The lowest BCUT2D eigenvalue weighted by Gasteiger charge is -2.24. The predicted molar refractivity (Wildman–Crippen MR) is 50.2 cm³/mol. The maximum atomic E-state index is 7.10. The van der Waals surface area contributed by atoms with E-state index in [1.807, 2.05) is 11.9 Å². The molecule has 0 bridgehead atoms. The molecular formula is C9H20N2. The molecule has 0 radical (unpaired) electrons. The van der Waals surface area contributed by atoms with Crippen molar-refractivity contribution in [3.63, 3.8) is 0 Å². The van der Waals surface area contributed by atoms with E-state index >= 15 is 0 Å². The number of nitrogens with one attached hydrogen (secondary N) is 1. The molecule has 0 amide bonds. The topological polar surface area (TPSA) is 27.1 Å². The predicted octanol–water partition coefficient (Wildman–Crippen LogP) is 2.49. The van der Waals surface area contributed by atoms with E-state index in [1.54, 1.807) is 0 Å². The van der Waals surface area contributed by atoms with E-state index in [9.17, 15) is 0 Å². The van der Waals surface area contributed by atoms with Gasteiger partial charge in [-0.25, -0.2) is 0 Å². The Labute approximate surface area is 70.1 Å². The summed E-state index contributed by atoms with van der Waals surface area (Å²) in [5, 5.41) is 7.10. The van der Waals surface area contributed by atoms with Gasteiger partial charge in [-0.15, -0.1) is 0 Å². The van der Waals surface area contributed by atoms with Gasteiger partial charge in [-0.2, -0.15) is 0 Å². The minimum absolute atomic E-state index is 0.586. The molecular weight excluding hydrogens is 136 g/mol. The molecule has 0 aliphatic rings. The SMILES string of the molecule is CCCC(CCC)N(C)C=N. The van der Waals surface area contributed by atoms with Crippen molar-refractivity contribution < 1.29 is 0 Å². The maximum Gasteiger partial charge on any atom is 0.0817 e. The highest BCUT2D eigenvalue weighted by Gasteiger charge is 2.08. The number of hydrogen-bond donors (Lipinski definition) is 1. The molecule has 0 aromatic rings. The van der Waals surface area contributed by atoms with Gasteiger partial charge in [0.05, 0.1) is 6.34 Å². The smallest absolute Gasteiger partial charge is 0.0817 e.